The minimum atomic E-state index is -0.252. The molecule has 0 bridgehead atoms. The molecule has 0 saturated heterocycles. The van der Waals surface area contributed by atoms with Crippen LogP contribution in [0.5, 0.6) is 0 Å². The Hall–Kier alpha value is -1.65. The average molecular weight is 501 g/mol. The largest absolute Gasteiger partial charge is 0.466 e. The molecule has 3 saturated carbocycles. The summed E-state index contributed by atoms with van der Waals surface area (Å²) in [5, 5.41) is 0. The minimum absolute atomic E-state index is 0.0479. The summed E-state index contributed by atoms with van der Waals surface area (Å²) in [6, 6.07) is 0. The molecule has 4 aliphatic carbocycles. The van der Waals surface area contributed by atoms with E-state index in [2.05, 4.69) is 33.8 Å². The first-order chi connectivity index (χ1) is 17.0. The molecular formula is C31H48O5. The van der Waals surface area contributed by atoms with Gasteiger partial charge in [0.05, 0.1) is 6.61 Å². The number of carbonyl (C=O) groups is 3. The van der Waals surface area contributed by atoms with E-state index >= 15 is 0 Å². The predicted molar refractivity (Wildman–Crippen MR) is 140 cm³/mol. The zero-order valence-corrected chi connectivity index (χ0v) is 23.4. The van der Waals surface area contributed by atoms with Gasteiger partial charge in [0.25, 0.3) is 0 Å². The smallest absolute Gasteiger partial charge is 0.302 e. The van der Waals surface area contributed by atoms with E-state index in [-0.39, 0.29) is 40.7 Å². The highest BCUT2D eigenvalue weighted by Crippen LogP contribution is 2.67. The fourth-order valence-corrected chi connectivity index (χ4v) is 9.01. The maximum atomic E-state index is 13.3. The maximum absolute atomic E-state index is 13.3. The van der Waals surface area contributed by atoms with Crippen LogP contribution in [0.15, 0.2) is 11.6 Å². The number of hydrogen-bond donors (Lipinski definition) is 0. The van der Waals surface area contributed by atoms with E-state index in [1.54, 1.807) is 0 Å². The molecule has 0 aromatic heterocycles. The first-order valence-corrected chi connectivity index (χ1v) is 14.5. The van der Waals surface area contributed by atoms with Gasteiger partial charge in [0.2, 0.25) is 0 Å². The zero-order valence-electron chi connectivity index (χ0n) is 23.4. The van der Waals surface area contributed by atoms with Gasteiger partial charge in [0.15, 0.2) is 0 Å². The van der Waals surface area contributed by atoms with Crippen LogP contribution in [-0.4, -0.2) is 30.4 Å². The molecule has 0 aromatic carbocycles. The fraction of sp³-hybridized carbons (Fsp3) is 0.839. The lowest BCUT2D eigenvalue weighted by atomic mass is 9.47. The maximum Gasteiger partial charge on any atom is 0.302 e. The van der Waals surface area contributed by atoms with Crippen LogP contribution in [0, 0.1) is 46.3 Å². The fourth-order valence-electron chi connectivity index (χ4n) is 9.01. The molecular weight excluding hydrogens is 452 g/mol. The van der Waals surface area contributed by atoms with Gasteiger partial charge in [-0.05, 0) is 91.8 Å². The third-order valence-corrected chi connectivity index (χ3v) is 11.0. The number of ether oxygens (including phenoxy) is 2. The van der Waals surface area contributed by atoms with E-state index in [0.29, 0.717) is 42.5 Å². The Morgan fingerprint density at radius 2 is 1.75 bits per heavy atom. The second-order valence-electron chi connectivity index (χ2n) is 13.2. The molecule has 0 unspecified atom stereocenters. The molecule has 0 spiro atoms. The quantitative estimate of drug-likeness (QED) is 0.275. The van der Waals surface area contributed by atoms with Crippen molar-refractivity contribution in [1.29, 1.82) is 0 Å². The van der Waals surface area contributed by atoms with E-state index in [1.165, 1.54) is 45.1 Å². The summed E-state index contributed by atoms with van der Waals surface area (Å²) < 4.78 is 10.7. The van der Waals surface area contributed by atoms with E-state index in [4.69, 9.17) is 9.47 Å². The van der Waals surface area contributed by atoms with E-state index in [0.717, 1.165) is 32.1 Å². The third-order valence-electron chi connectivity index (χ3n) is 11.0. The molecule has 3 fully saturated rings. The Kier molecular flexibility index (Phi) is 8.07. The molecule has 0 aliphatic heterocycles. The van der Waals surface area contributed by atoms with Crippen molar-refractivity contribution in [1.82, 2.24) is 0 Å². The Labute approximate surface area is 218 Å². The number of ketones is 1. The molecule has 0 heterocycles. The Bertz CT molecular complexity index is 891. The number of fused-ring (bicyclic) bond motifs is 5. The van der Waals surface area contributed by atoms with Crippen LogP contribution in [0.2, 0.25) is 0 Å². The summed E-state index contributed by atoms with van der Waals surface area (Å²) >= 11 is 0. The highest BCUT2D eigenvalue weighted by atomic mass is 16.5. The number of hydrogen-bond acceptors (Lipinski definition) is 5. The summed E-state index contributed by atoms with van der Waals surface area (Å²) in [7, 11) is 0. The molecule has 0 amide bonds. The molecule has 0 N–H and O–H groups in total. The average Bonchev–Trinajstić information content (AvgIpc) is 3.17. The summed E-state index contributed by atoms with van der Waals surface area (Å²) in [5.74, 6) is 2.87. The van der Waals surface area contributed by atoms with Crippen molar-refractivity contribution in [2.75, 3.05) is 6.61 Å². The highest BCUT2D eigenvalue weighted by Gasteiger charge is 2.59. The second kappa shape index (κ2) is 10.6. The summed E-state index contributed by atoms with van der Waals surface area (Å²) in [6.07, 6.45) is 13.0. The molecule has 4 rings (SSSR count). The molecule has 0 aromatic rings. The van der Waals surface area contributed by atoms with Gasteiger partial charge >= 0.3 is 11.9 Å². The molecule has 5 heteroatoms. The van der Waals surface area contributed by atoms with Crippen LogP contribution in [0.25, 0.3) is 0 Å². The molecule has 36 heavy (non-hydrogen) atoms. The molecule has 9 atom stereocenters. The Morgan fingerprint density at radius 3 is 2.44 bits per heavy atom. The van der Waals surface area contributed by atoms with Crippen molar-refractivity contribution in [2.45, 2.75) is 112 Å². The molecule has 202 valence electrons. The van der Waals surface area contributed by atoms with Gasteiger partial charge in [-0.1, -0.05) is 39.3 Å². The van der Waals surface area contributed by atoms with Gasteiger partial charge in [-0.2, -0.15) is 0 Å². The lowest BCUT2D eigenvalue weighted by Gasteiger charge is -2.58. The predicted octanol–water partition coefficient (Wildman–Crippen LogP) is 6.68. The lowest BCUT2D eigenvalue weighted by Crippen LogP contribution is -2.51. The van der Waals surface area contributed by atoms with Crippen molar-refractivity contribution in [3.05, 3.63) is 11.6 Å². The Balaban J connectivity index is 1.41. The summed E-state index contributed by atoms with van der Waals surface area (Å²) in [6.45, 7) is 12.6. The van der Waals surface area contributed by atoms with Crippen LogP contribution in [0.1, 0.15) is 106 Å². The summed E-state index contributed by atoms with van der Waals surface area (Å²) in [4.78, 5) is 35.9. The van der Waals surface area contributed by atoms with Crippen LogP contribution in [0.4, 0.5) is 0 Å². The number of carbonyl (C=O) groups excluding carboxylic acids is 3. The first kappa shape index (κ1) is 27.4. The van der Waals surface area contributed by atoms with Gasteiger partial charge in [0.1, 0.15) is 11.9 Å². The van der Waals surface area contributed by atoms with Crippen molar-refractivity contribution in [2.24, 2.45) is 46.3 Å². The number of rotatable bonds is 8. The first-order valence-electron chi connectivity index (χ1n) is 14.5. The number of esters is 2. The standard InChI is InChI=1S/C31H48O5/c1-19(18-35-21(3)32)7-12-29(34)20(2)26-10-11-27-25-9-8-23-17-24(36-22(4)33)13-15-30(23,5)28(25)14-16-31(26,27)6/h8,19-20,24-28H,7,9-18H2,1-6H3/t19-,20+,24+,25+,26-,27+,28+,30+,31-/m1/s1. The van der Waals surface area contributed by atoms with Gasteiger partial charge in [-0.25, -0.2) is 0 Å². The number of allylic oxidation sites excluding steroid dienone is 1. The van der Waals surface area contributed by atoms with E-state index in [9.17, 15) is 14.4 Å². The topological polar surface area (TPSA) is 69.7 Å². The van der Waals surface area contributed by atoms with E-state index in [1.807, 2.05) is 0 Å². The SMILES string of the molecule is CC(=O)OC[C@H](C)CCC(=O)[C@@H](C)[C@H]1CC[C@H]2[C@@H]3CC=C4C[C@@H](OC(C)=O)CC[C@]4(C)[C@H]3CC[C@]12C. The van der Waals surface area contributed by atoms with Crippen LogP contribution in [0.3, 0.4) is 0 Å². The highest BCUT2D eigenvalue weighted by molar-refractivity contribution is 5.81. The normalized spacial score (nSPS) is 39.1. The summed E-state index contributed by atoms with van der Waals surface area (Å²) in [5.41, 5.74) is 2.01. The lowest BCUT2D eigenvalue weighted by molar-refractivity contribution is -0.148. The van der Waals surface area contributed by atoms with Gasteiger partial charge in [-0.15, -0.1) is 0 Å². The van der Waals surface area contributed by atoms with Crippen molar-refractivity contribution in [3.8, 4) is 0 Å². The van der Waals surface area contributed by atoms with Crippen molar-refractivity contribution < 1.29 is 23.9 Å². The third kappa shape index (κ3) is 5.18. The van der Waals surface area contributed by atoms with Gasteiger partial charge in [-0.3, -0.25) is 14.4 Å². The monoisotopic (exact) mass is 500 g/mol. The minimum Gasteiger partial charge on any atom is -0.466 e. The van der Waals surface area contributed by atoms with Crippen LogP contribution in [-0.2, 0) is 23.9 Å². The zero-order chi connectivity index (χ0) is 26.3. The van der Waals surface area contributed by atoms with Crippen molar-refractivity contribution in [3.63, 3.8) is 0 Å². The molecule has 4 aliphatic rings. The van der Waals surface area contributed by atoms with Crippen LogP contribution < -0.4 is 0 Å². The van der Waals surface area contributed by atoms with Crippen LogP contribution >= 0.6 is 0 Å². The van der Waals surface area contributed by atoms with E-state index < -0.39 is 0 Å². The Morgan fingerprint density at radius 1 is 1.00 bits per heavy atom. The second-order valence-corrected chi connectivity index (χ2v) is 13.2. The van der Waals surface area contributed by atoms with Gasteiger partial charge < -0.3 is 9.47 Å². The number of Topliss-reactive ketones (excluding diaryl/α,β-unsaturated/α-hetero) is 1. The van der Waals surface area contributed by atoms with Crippen molar-refractivity contribution >= 4 is 17.7 Å². The molecule has 0 radical (unpaired) electrons. The van der Waals surface area contributed by atoms with Gasteiger partial charge in [0, 0.05) is 32.6 Å². The molecule has 5 nitrogen and oxygen atoms in total.